The topological polar surface area (TPSA) is 35.6 Å². The Hall–Kier alpha value is -0.680. The number of thioether (sulfide) groups is 1. The fraction of sp³-hybridized carbons (Fsp3) is 0.733. The molecule has 0 aliphatic heterocycles. The summed E-state index contributed by atoms with van der Waals surface area (Å²) in [7, 11) is 0. The van der Waals surface area contributed by atoms with Crippen molar-refractivity contribution >= 4 is 34.5 Å². The molecule has 1 aliphatic carbocycles. The predicted octanol–water partition coefficient (Wildman–Crippen LogP) is 4.15. The van der Waals surface area contributed by atoms with Crippen molar-refractivity contribution in [3.63, 3.8) is 0 Å². The molecule has 4 nitrogen and oxygen atoms in total. The maximum atomic E-state index is 6.17. The molecule has 6 heteroatoms. The average molecular weight is 327 g/mol. The van der Waals surface area contributed by atoms with E-state index < -0.39 is 0 Å². The maximum absolute atomic E-state index is 6.17. The molecular formula is C15H23ClN4S. The zero-order valence-electron chi connectivity index (χ0n) is 13.0. The number of fused-ring (bicyclic) bond motifs is 1. The van der Waals surface area contributed by atoms with Gasteiger partial charge in [0.15, 0.2) is 5.65 Å². The van der Waals surface area contributed by atoms with Crippen LogP contribution in [0.2, 0.25) is 0 Å². The molecule has 1 fully saturated rings. The first-order valence-corrected chi connectivity index (χ1v) is 9.54. The van der Waals surface area contributed by atoms with Crippen LogP contribution < -0.4 is 0 Å². The van der Waals surface area contributed by atoms with Gasteiger partial charge < -0.3 is 4.57 Å². The van der Waals surface area contributed by atoms with Gasteiger partial charge in [0.2, 0.25) is 0 Å². The van der Waals surface area contributed by atoms with Crippen molar-refractivity contribution in [3.05, 3.63) is 11.5 Å². The number of nitrogens with zero attached hydrogens (tertiary/aromatic N) is 4. The van der Waals surface area contributed by atoms with Gasteiger partial charge >= 0.3 is 0 Å². The summed E-state index contributed by atoms with van der Waals surface area (Å²) in [6, 6.07) is 0.522. The Balaban J connectivity index is 2.04. The second kappa shape index (κ2) is 6.21. The highest BCUT2D eigenvalue weighted by Crippen LogP contribution is 2.37. The highest BCUT2D eigenvalue weighted by molar-refractivity contribution is 7.99. The lowest BCUT2D eigenvalue weighted by atomic mass is 9.94. The molecule has 0 unspecified atom stereocenters. The number of imidazole rings is 1. The van der Waals surface area contributed by atoms with E-state index >= 15 is 0 Å². The zero-order chi connectivity index (χ0) is 15.0. The van der Waals surface area contributed by atoms with E-state index in [1.165, 1.54) is 31.3 Å². The minimum absolute atomic E-state index is 0.473. The van der Waals surface area contributed by atoms with Gasteiger partial charge in [0.25, 0.3) is 0 Å². The molecule has 0 spiro atoms. The maximum Gasteiger partial charge on any atom is 0.159 e. The molecular weight excluding hydrogens is 304 g/mol. The number of aryl methyl sites for hydroxylation is 2. The quantitative estimate of drug-likeness (QED) is 0.792. The number of hydrogen-bond donors (Lipinski definition) is 0. The monoisotopic (exact) mass is 326 g/mol. The number of aromatic nitrogens is 4. The van der Waals surface area contributed by atoms with Crippen LogP contribution in [-0.2, 0) is 12.4 Å². The molecule has 1 saturated carbocycles. The van der Waals surface area contributed by atoms with Gasteiger partial charge in [-0.15, -0.1) is 11.6 Å². The number of alkyl halides is 1. The van der Waals surface area contributed by atoms with Crippen molar-refractivity contribution in [1.29, 1.82) is 0 Å². The van der Waals surface area contributed by atoms with E-state index in [9.17, 15) is 0 Å². The van der Waals surface area contributed by atoms with Gasteiger partial charge in [-0.3, -0.25) is 0 Å². The largest absolute Gasteiger partial charge is 0.309 e. The first-order valence-electron chi connectivity index (χ1n) is 7.72. The normalized spacial score (nSPS) is 23.0. The lowest BCUT2D eigenvalue weighted by molar-refractivity contribution is 0.356. The Bertz CT molecular complexity index is 625. The van der Waals surface area contributed by atoms with Crippen LogP contribution in [0.5, 0.6) is 0 Å². The first kappa shape index (κ1) is 15.2. The summed E-state index contributed by atoms with van der Waals surface area (Å²) >= 11 is 8.17. The number of halogens is 1. The first-order chi connectivity index (χ1) is 10.2. The summed E-state index contributed by atoms with van der Waals surface area (Å²) in [5.41, 5.74) is 3.20. The Morgan fingerprint density at radius 1 is 1.29 bits per heavy atom. The molecule has 116 valence electrons. The molecule has 0 aromatic carbocycles. The van der Waals surface area contributed by atoms with Crippen LogP contribution in [0.15, 0.2) is 0 Å². The molecule has 2 heterocycles. The van der Waals surface area contributed by atoms with Crippen LogP contribution in [0.4, 0.5) is 0 Å². The van der Waals surface area contributed by atoms with Crippen LogP contribution in [0.25, 0.3) is 11.2 Å². The number of rotatable bonds is 4. The summed E-state index contributed by atoms with van der Waals surface area (Å²) < 4.78 is 4.46. The lowest BCUT2D eigenvalue weighted by Crippen LogP contribution is -2.21. The van der Waals surface area contributed by atoms with Gasteiger partial charge in [0, 0.05) is 17.8 Å². The van der Waals surface area contributed by atoms with Crippen LogP contribution >= 0.6 is 23.4 Å². The Morgan fingerprint density at radius 2 is 2.00 bits per heavy atom. The van der Waals surface area contributed by atoms with Crippen molar-refractivity contribution < 1.29 is 0 Å². The highest BCUT2D eigenvalue weighted by Gasteiger charge is 2.27. The van der Waals surface area contributed by atoms with Crippen molar-refractivity contribution in [3.8, 4) is 0 Å². The Kier molecular flexibility index (Phi) is 4.50. The molecule has 21 heavy (non-hydrogen) atoms. The third-order valence-corrected chi connectivity index (χ3v) is 5.96. The Morgan fingerprint density at radius 3 is 2.57 bits per heavy atom. The van der Waals surface area contributed by atoms with Crippen molar-refractivity contribution in [2.45, 2.75) is 63.2 Å². The van der Waals surface area contributed by atoms with E-state index in [0.717, 1.165) is 28.8 Å². The summed E-state index contributed by atoms with van der Waals surface area (Å²) in [5, 5.41) is 5.43. The molecule has 0 amide bonds. The molecule has 0 atom stereocenters. The molecule has 0 N–H and O–H groups in total. The molecule has 0 radical (unpaired) electrons. The average Bonchev–Trinajstić information content (AvgIpc) is 3.05. The second-order valence-electron chi connectivity index (χ2n) is 5.77. The second-order valence-corrected chi connectivity index (χ2v) is 7.18. The smallest absolute Gasteiger partial charge is 0.159 e. The van der Waals surface area contributed by atoms with Crippen LogP contribution in [0.3, 0.4) is 0 Å². The summed E-state index contributed by atoms with van der Waals surface area (Å²) in [6.07, 6.45) is 7.22. The van der Waals surface area contributed by atoms with Gasteiger partial charge in [-0.2, -0.15) is 16.9 Å². The molecule has 1 aliphatic rings. The van der Waals surface area contributed by atoms with E-state index in [4.69, 9.17) is 16.6 Å². The molecule has 3 rings (SSSR count). The third-order valence-electron chi connectivity index (χ3n) is 4.58. The van der Waals surface area contributed by atoms with E-state index in [0.29, 0.717) is 11.9 Å². The van der Waals surface area contributed by atoms with Crippen molar-refractivity contribution in [2.24, 2.45) is 0 Å². The summed E-state index contributed by atoms with van der Waals surface area (Å²) in [6.45, 7) is 5.04. The van der Waals surface area contributed by atoms with Gasteiger partial charge in [-0.05, 0) is 45.8 Å². The minimum Gasteiger partial charge on any atom is -0.309 e. The van der Waals surface area contributed by atoms with E-state index in [1.807, 2.05) is 18.7 Å². The van der Waals surface area contributed by atoms with Gasteiger partial charge in [-0.1, -0.05) is 0 Å². The van der Waals surface area contributed by atoms with Crippen LogP contribution in [0.1, 0.15) is 50.2 Å². The molecule has 0 bridgehead atoms. The third kappa shape index (κ3) is 2.59. The molecule has 2 aromatic rings. The minimum atomic E-state index is 0.473. The predicted molar refractivity (Wildman–Crippen MR) is 90.3 cm³/mol. The van der Waals surface area contributed by atoms with E-state index in [1.54, 1.807) is 0 Å². The summed E-state index contributed by atoms with van der Waals surface area (Å²) in [5.74, 6) is 1.47. The highest BCUT2D eigenvalue weighted by atomic mass is 35.5. The van der Waals surface area contributed by atoms with Gasteiger partial charge in [0.05, 0.1) is 11.6 Å². The lowest BCUT2D eigenvalue weighted by Gasteiger charge is -2.29. The van der Waals surface area contributed by atoms with Crippen LogP contribution in [0, 0.1) is 6.92 Å². The van der Waals surface area contributed by atoms with Gasteiger partial charge in [0.1, 0.15) is 11.3 Å². The standard InChI is InChI=1S/C15H23ClN4S/c1-4-19-15-14(10(2)18-19)17-13(9-16)20(15)11-5-7-12(21-3)8-6-11/h11-12H,4-9H2,1-3H3. The zero-order valence-corrected chi connectivity index (χ0v) is 14.5. The van der Waals surface area contributed by atoms with Crippen molar-refractivity contribution in [2.75, 3.05) is 6.26 Å². The van der Waals surface area contributed by atoms with Gasteiger partial charge in [-0.25, -0.2) is 9.67 Å². The molecule has 0 saturated heterocycles. The van der Waals surface area contributed by atoms with Crippen LogP contribution in [-0.4, -0.2) is 30.8 Å². The fourth-order valence-electron chi connectivity index (χ4n) is 3.47. The summed E-state index contributed by atoms with van der Waals surface area (Å²) in [4.78, 5) is 4.76. The number of hydrogen-bond acceptors (Lipinski definition) is 3. The van der Waals surface area contributed by atoms with Crippen molar-refractivity contribution in [1.82, 2.24) is 19.3 Å². The fourth-order valence-corrected chi connectivity index (χ4v) is 4.40. The van der Waals surface area contributed by atoms with E-state index in [2.05, 4.69) is 27.5 Å². The Labute approximate surface area is 135 Å². The van der Waals surface area contributed by atoms with E-state index in [-0.39, 0.29) is 0 Å². The molecule has 2 aromatic heterocycles. The SMILES string of the molecule is CCn1nc(C)c2nc(CCl)n(C3CCC(SC)CC3)c21.